The summed E-state index contributed by atoms with van der Waals surface area (Å²) in [6, 6.07) is 12.8. The molecule has 2 heterocycles. The van der Waals surface area contributed by atoms with E-state index in [9.17, 15) is 4.79 Å². The number of anilines is 1. The van der Waals surface area contributed by atoms with Crippen LogP contribution in [0.15, 0.2) is 47.4 Å². The van der Waals surface area contributed by atoms with E-state index in [0.717, 1.165) is 30.0 Å². The SMILES string of the molecule is O=C1/C(=C/c2ccc(Cl)c(Cl)c2)SC(=S)N1c1ccc(OCCCN2CCCCC2)cc1. The summed E-state index contributed by atoms with van der Waals surface area (Å²) < 4.78 is 6.38. The van der Waals surface area contributed by atoms with Crippen LogP contribution in [0.4, 0.5) is 5.69 Å². The first-order valence-electron chi connectivity index (χ1n) is 10.7. The summed E-state index contributed by atoms with van der Waals surface area (Å²) in [6.45, 7) is 4.18. The van der Waals surface area contributed by atoms with Gasteiger partial charge in [0.25, 0.3) is 5.91 Å². The molecule has 2 aromatic carbocycles. The van der Waals surface area contributed by atoms with E-state index in [0.29, 0.717) is 25.9 Å². The number of halogens is 2. The average Bonchev–Trinajstić information content (AvgIpc) is 3.08. The van der Waals surface area contributed by atoms with Crippen LogP contribution in [0.5, 0.6) is 5.75 Å². The lowest BCUT2D eigenvalue weighted by Gasteiger charge is -2.26. The number of thioether (sulfide) groups is 1. The van der Waals surface area contributed by atoms with Crippen LogP contribution < -0.4 is 9.64 Å². The Labute approximate surface area is 208 Å². The molecule has 0 saturated carbocycles. The van der Waals surface area contributed by atoms with Gasteiger partial charge in [0.15, 0.2) is 4.32 Å². The van der Waals surface area contributed by atoms with Gasteiger partial charge in [-0.05, 0) is 80.4 Å². The lowest BCUT2D eigenvalue weighted by Crippen LogP contribution is -2.31. The maximum atomic E-state index is 13.0. The Kier molecular flexibility index (Phi) is 8.13. The van der Waals surface area contributed by atoms with E-state index in [1.54, 1.807) is 23.1 Å². The van der Waals surface area contributed by atoms with Gasteiger partial charge in [-0.15, -0.1) is 0 Å². The van der Waals surface area contributed by atoms with Crippen molar-refractivity contribution in [2.24, 2.45) is 0 Å². The van der Waals surface area contributed by atoms with E-state index < -0.39 is 0 Å². The smallest absolute Gasteiger partial charge is 0.270 e. The molecule has 0 atom stereocenters. The summed E-state index contributed by atoms with van der Waals surface area (Å²) >= 11 is 18.8. The first-order valence-corrected chi connectivity index (χ1v) is 12.7. The van der Waals surface area contributed by atoms with Crippen molar-refractivity contribution >= 4 is 69.2 Å². The number of ether oxygens (including phenoxy) is 1. The van der Waals surface area contributed by atoms with Crippen molar-refractivity contribution in [2.75, 3.05) is 31.1 Å². The molecule has 0 spiro atoms. The quantitative estimate of drug-likeness (QED) is 0.238. The predicted octanol–water partition coefficient (Wildman–Crippen LogP) is 6.65. The Morgan fingerprint density at radius 2 is 1.78 bits per heavy atom. The number of nitrogens with zero attached hydrogens (tertiary/aromatic N) is 2. The van der Waals surface area contributed by atoms with Gasteiger partial charge in [-0.3, -0.25) is 9.69 Å². The lowest BCUT2D eigenvalue weighted by molar-refractivity contribution is -0.113. The molecule has 0 unspecified atom stereocenters. The molecule has 32 heavy (non-hydrogen) atoms. The van der Waals surface area contributed by atoms with Crippen LogP contribution in [0.2, 0.25) is 10.0 Å². The van der Waals surface area contributed by atoms with E-state index in [1.807, 2.05) is 30.3 Å². The molecule has 2 aliphatic heterocycles. The molecule has 2 saturated heterocycles. The third-order valence-electron chi connectivity index (χ3n) is 5.47. The Balaban J connectivity index is 1.34. The fourth-order valence-electron chi connectivity index (χ4n) is 3.80. The Morgan fingerprint density at radius 1 is 1.03 bits per heavy atom. The molecule has 0 aromatic heterocycles. The number of hydrogen-bond acceptors (Lipinski definition) is 5. The minimum Gasteiger partial charge on any atom is -0.494 e. The number of benzene rings is 2. The van der Waals surface area contributed by atoms with Crippen molar-refractivity contribution in [3.8, 4) is 5.75 Å². The molecule has 2 fully saturated rings. The fourth-order valence-corrected chi connectivity index (χ4v) is 5.40. The molecule has 0 radical (unpaired) electrons. The van der Waals surface area contributed by atoms with E-state index in [1.165, 1.54) is 44.1 Å². The topological polar surface area (TPSA) is 32.8 Å². The summed E-state index contributed by atoms with van der Waals surface area (Å²) in [7, 11) is 0. The summed E-state index contributed by atoms with van der Waals surface area (Å²) in [5.41, 5.74) is 1.53. The van der Waals surface area contributed by atoms with Gasteiger partial charge in [0.05, 0.1) is 27.2 Å². The molecule has 1 amide bonds. The summed E-state index contributed by atoms with van der Waals surface area (Å²) in [5.74, 6) is 0.644. The highest BCUT2D eigenvalue weighted by atomic mass is 35.5. The molecular formula is C24H24Cl2N2O2S2. The third kappa shape index (κ3) is 5.86. The fraction of sp³-hybridized carbons (Fsp3) is 0.333. The molecule has 4 nitrogen and oxygen atoms in total. The van der Waals surface area contributed by atoms with Crippen molar-refractivity contribution in [1.29, 1.82) is 0 Å². The largest absolute Gasteiger partial charge is 0.494 e. The zero-order chi connectivity index (χ0) is 22.5. The van der Waals surface area contributed by atoms with Crippen LogP contribution in [0.1, 0.15) is 31.2 Å². The van der Waals surface area contributed by atoms with Gasteiger partial charge >= 0.3 is 0 Å². The molecule has 2 aromatic rings. The number of thiocarbonyl (C=S) groups is 1. The van der Waals surface area contributed by atoms with Gasteiger partial charge in [-0.25, -0.2) is 0 Å². The average molecular weight is 508 g/mol. The minimum absolute atomic E-state index is 0.152. The Hall–Kier alpha value is -1.57. The second-order valence-electron chi connectivity index (χ2n) is 7.79. The van der Waals surface area contributed by atoms with E-state index in [4.69, 9.17) is 40.2 Å². The van der Waals surface area contributed by atoms with Crippen LogP contribution in [0.25, 0.3) is 6.08 Å². The van der Waals surface area contributed by atoms with Crippen LogP contribution in [-0.4, -0.2) is 41.4 Å². The number of rotatable bonds is 7. The van der Waals surface area contributed by atoms with Crippen LogP contribution in [0.3, 0.4) is 0 Å². The molecule has 4 rings (SSSR count). The zero-order valence-corrected chi connectivity index (χ0v) is 20.7. The van der Waals surface area contributed by atoms with Crippen LogP contribution in [-0.2, 0) is 4.79 Å². The molecule has 2 aliphatic rings. The van der Waals surface area contributed by atoms with Gasteiger partial charge in [-0.2, -0.15) is 0 Å². The monoisotopic (exact) mass is 506 g/mol. The summed E-state index contributed by atoms with van der Waals surface area (Å²) in [4.78, 5) is 17.6. The Morgan fingerprint density at radius 3 is 2.50 bits per heavy atom. The van der Waals surface area contributed by atoms with Crippen LogP contribution in [0, 0.1) is 0 Å². The number of carbonyl (C=O) groups is 1. The maximum absolute atomic E-state index is 13.0. The second-order valence-corrected chi connectivity index (χ2v) is 10.3. The van der Waals surface area contributed by atoms with Gasteiger partial charge < -0.3 is 9.64 Å². The molecular weight excluding hydrogens is 483 g/mol. The van der Waals surface area contributed by atoms with Crippen molar-refractivity contribution in [3.05, 3.63) is 63.0 Å². The first kappa shape index (κ1) is 23.6. The lowest BCUT2D eigenvalue weighted by atomic mass is 10.1. The highest BCUT2D eigenvalue weighted by Crippen LogP contribution is 2.37. The van der Waals surface area contributed by atoms with Gasteiger partial charge in [0.1, 0.15) is 5.75 Å². The highest BCUT2D eigenvalue weighted by molar-refractivity contribution is 8.27. The number of amides is 1. The van der Waals surface area contributed by atoms with Crippen molar-refractivity contribution in [2.45, 2.75) is 25.7 Å². The number of piperidine rings is 1. The highest BCUT2D eigenvalue weighted by Gasteiger charge is 2.33. The maximum Gasteiger partial charge on any atom is 0.270 e. The molecule has 8 heteroatoms. The number of carbonyl (C=O) groups excluding carboxylic acids is 1. The van der Waals surface area contributed by atoms with Crippen LogP contribution >= 0.6 is 47.2 Å². The number of likely N-dealkylation sites (tertiary alicyclic amines) is 1. The minimum atomic E-state index is -0.152. The van der Waals surface area contributed by atoms with Gasteiger partial charge in [-0.1, -0.05) is 59.7 Å². The normalized spacial score (nSPS) is 18.6. The van der Waals surface area contributed by atoms with Gasteiger partial charge in [0, 0.05) is 6.54 Å². The molecule has 0 aliphatic carbocycles. The van der Waals surface area contributed by atoms with E-state index in [2.05, 4.69) is 4.90 Å². The van der Waals surface area contributed by atoms with Gasteiger partial charge in [0.2, 0.25) is 0 Å². The third-order valence-corrected chi connectivity index (χ3v) is 7.51. The Bertz CT molecular complexity index is 1020. The molecule has 0 bridgehead atoms. The van der Waals surface area contributed by atoms with E-state index >= 15 is 0 Å². The standard InChI is InChI=1S/C24H24Cl2N2O2S2/c25-20-10-5-17(15-21(20)26)16-22-23(29)28(24(31)32-22)18-6-8-19(9-7-18)30-14-4-13-27-11-2-1-3-12-27/h5-10,15-16H,1-4,11-14H2/b22-16-. The summed E-state index contributed by atoms with van der Waals surface area (Å²) in [6.07, 6.45) is 6.76. The van der Waals surface area contributed by atoms with Crippen molar-refractivity contribution < 1.29 is 9.53 Å². The first-order chi connectivity index (χ1) is 15.5. The van der Waals surface area contributed by atoms with Crippen molar-refractivity contribution in [3.63, 3.8) is 0 Å². The zero-order valence-electron chi connectivity index (χ0n) is 17.6. The van der Waals surface area contributed by atoms with E-state index in [-0.39, 0.29) is 5.91 Å². The predicted molar refractivity (Wildman–Crippen MR) is 139 cm³/mol. The summed E-state index contributed by atoms with van der Waals surface area (Å²) in [5, 5.41) is 0.924. The second kappa shape index (κ2) is 11.0. The molecule has 0 N–H and O–H groups in total. The molecule has 168 valence electrons. The number of hydrogen-bond donors (Lipinski definition) is 0. The van der Waals surface area contributed by atoms with Crippen molar-refractivity contribution in [1.82, 2.24) is 4.90 Å².